The summed E-state index contributed by atoms with van der Waals surface area (Å²) < 4.78 is 12.6. The Morgan fingerprint density at radius 3 is 2.65 bits per heavy atom. The zero-order valence-corrected chi connectivity index (χ0v) is 15.1. The van der Waals surface area contributed by atoms with E-state index in [1.807, 2.05) is 36.4 Å². The molecule has 0 fully saturated rings. The summed E-state index contributed by atoms with van der Waals surface area (Å²) in [5.41, 5.74) is 8.86. The van der Waals surface area contributed by atoms with Crippen LogP contribution in [0.5, 0.6) is 11.5 Å². The van der Waals surface area contributed by atoms with Crippen molar-refractivity contribution in [2.45, 2.75) is 5.54 Å². The first-order valence-electron chi connectivity index (χ1n) is 8.02. The third kappa shape index (κ3) is 2.13. The second kappa shape index (κ2) is 5.54. The molecule has 3 heterocycles. The van der Waals surface area contributed by atoms with E-state index in [9.17, 15) is 0 Å². The van der Waals surface area contributed by atoms with Crippen molar-refractivity contribution in [3.63, 3.8) is 0 Å². The quantitative estimate of drug-likeness (QED) is 0.664. The lowest BCUT2D eigenvalue weighted by molar-refractivity contribution is 0.264. The number of halogens is 1. The summed E-state index contributed by atoms with van der Waals surface area (Å²) >= 11 is 3.64. The zero-order chi connectivity index (χ0) is 17.7. The van der Waals surface area contributed by atoms with Gasteiger partial charge < -0.3 is 15.2 Å². The molecule has 7 heteroatoms. The Hall–Kier alpha value is -2.93. The molecule has 2 aliphatic heterocycles. The highest BCUT2D eigenvalue weighted by atomic mass is 79.9. The SMILES string of the molecule is NC1=NC2(CO1)c1cc(-c3cncnc3)ccc1Oc1cccc(Br)c12. The number of rotatable bonds is 1. The molecule has 128 valence electrons. The predicted molar refractivity (Wildman–Crippen MR) is 100 cm³/mol. The Labute approximate surface area is 157 Å². The van der Waals surface area contributed by atoms with E-state index in [0.717, 1.165) is 38.2 Å². The first kappa shape index (κ1) is 15.3. The molecule has 3 aromatic rings. The number of aliphatic imine (C=N–C) groups is 1. The molecule has 0 saturated carbocycles. The minimum absolute atomic E-state index is 0.174. The monoisotopic (exact) mass is 408 g/mol. The number of amidine groups is 1. The molecule has 1 unspecified atom stereocenters. The lowest BCUT2D eigenvalue weighted by atomic mass is 9.80. The summed E-state index contributed by atoms with van der Waals surface area (Å²) in [7, 11) is 0. The number of fused-ring (bicyclic) bond motifs is 4. The molecular weight excluding hydrogens is 396 g/mol. The van der Waals surface area contributed by atoms with Crippen molar-refractivity contribution in [2.75, 3.05) is 6.61 Å². The molecule has 1 atom stereocenters. The van der Waals surface area contributed by atoms with Crippen LogP contribution in [0.1, 0.15) is 11.1 Å². The molecule has 2 aromatic carbocycles. The second-order valence-corrected chi connectivity index (χ2v) is 7.01. The van der Waals surface area contributed by atoms with Crippen molar-refractivity contribution in [1.82, 2.24) is 9.97 Å². The number of hydrogen-bond acceptors (Lipinski definition) is 6. The van der Waals surface area contributed by atoms with Gasteiger partial charge in [-0.05, 0) is 29.8 Å². The summed E-state index contributed by atoms with van der Waals surface area (Å²) in [4.78, 5) is 12.9. The molecule has 6 nitrogen and oxygen atoms in total. The van der Waals surface area contributed by atoms with Crippen LogP contribution >= 0.6 is 15.9 Å². The van der Waals surface area contributed by atoms with Gasteiger partial charge >= 0.3 is 0 Å². The van der Waals surface area contributed by atoms with Crippen molar-refractivity contribution in [3.8, 4) is 22.6 Å². The Morgan fingerprint density at radius 1 is 1.04 bits per heavy atom. The van der Waals surface area contributed by atoms with E-state index < -0.39 is 5.54 Å². The van der Waals surface area contributed by atoms with E-state index in [2.05, 4.69) is 30.9 Å². The fourth-order valence-corrected chi connectivity index (χ4v) is 4.19. The van der Waals surface area contributed by atoms with Gasteiger partial charge in [0, 0.05) is 33.6 Å². The van der Waals surface area contributed by atoms with E-state index in [1.54, 1.807) is 12.4 Å². The highest BCUT2D eigenvalue weighted by Crippen LogP contribution is 2.53. The number of nitrogens with two attached hydrogens (primary N) is 1. The Balaban J connectivity index is 1.78. The van der Waals surface area contributed by atoms with Gasteiger partial charge in [0.1, 0.15) is 24.4 Å². The van der Waals surface area contributed by atoms with Gasteiger partial charge in [0.15, 0.2) is 5.54 Å². The lowest BCUT2D eigenvalue weighted by Gasteiger charge is -2.34. The molecule has 0 radical (unpaired) electrons. The van der Waals surface area contributed by atoms with Crippen LogP contribution in [0.2, 0.25) is 0 Å². The van der Waals surface area contributed by atoms with Crippen LogP contribution < -0.4 is 10.5 Å². The van der Waals surface area contributed by atoms with E-state index in [1.165, 1.54) is 6.33 Å². The van der Waals surface area contributed by atoms with Gasteiger partial charge in [-0.2, -0.15) is 0 Å². The van der Waals surface area contributed by atoms with E-state index in [-0.39, 0.29) is 6.02 Å². The van der Waals surface area contributed by atoms with Gasteiger partial charge in [-0.15, -0.1) is 0 Å². The first-order chi connectivity index (χ1) is 12.7. The highest BCUT2D eigenvalue weighted by molar-refractivity contribution is 9.10. The van der Waals surface area contributed by atoms with Crippen molar-refractivity contribution in [2.24, 2.45) is 10.7 Å². The van der Waals surface area contributed by atoms with Gasteiger partial charge in [-0.25, -0.2) is 15.0 Å². The number of ether oxygens (including phenoxy) is 2. The number of hydrogen-bond donors (Lipinski definition) is 1. The fraction of sp³-hybridized carbons (Fsp3) is 0.105. The summed E-state index contributed by atoms with van der Waals surface area (Å²) in [6.07, 6.45) is 5.06. The van der Waals surface area contributed by atoms with Crippen LogP contribution in [-0.2, 0) is 10.3 Å². The molecule has 5 rings (SSSR count). The van der Waals surface area contributed by atoms with Gasteiger partial charge in [0.05, 0.1) is 0 Å². The summed E-state index contributed by atoms with van der Waals surface area (Å²) in [5.74, 6) is 1.47. The van der Waals surface area contributed by atoms with E-state index >= 15 is 0 Å². The minimum Gasteiger partial charge on any atom is -0.462 e. The molecule has 1 spiro atoms. The Kier molecular flexibility index (Phi) is 3.27. The summed E-state index contributed by atoms with van der Waals surface area (Å²) in [6.45, 7) is 0.319. The van der Waals surface area contributed by atoms with Crippen molar-refractivity contribution in [1.29, 1.82) is 0 Å². The molecule has 26 heavy (non-hydrogen) atoms. The van der Waals surface area contributed by atoms with Crippen molar-refractivity contribution >= 4 is 22.0 Å². The average Bonchev–Trinajstić information content (AvgIpc) is 3.04. The number of aromatic nitrogens is 2. The third-order valence-electron chi connectivity index (χ3n) is 4.66. The average molecular weight is 409 g/mol. The lowest BCUT2D eigenvalue weighted by Crippen LogP contribution is -2.31. The molecule has 1 aromatic heterocycles. The standard InChI is InChI=1S/C19H13BrN4O2/c20-14-2-1-3-16-17(14)19(9-25-18(21)24-19)13-6-11(4-5-15(13)26-16)12-7-22-10-23-8-12/h1-8,10H,9H2,(H2,21,24). The van der Waals surface area contributed by atoms with Crippen LogP contribution in [0, 0.1) is 0 Å². The van der Waals surface area contributed by atoms with Crippen LogP contribution in [0.4, 0.5) is 0 Å². The minimum atomic E-state index is -0.751. The number of nitrogens with zero attached hydrogens (tertiary/aromatic N) is 3. The summed E-state index contributed by atoms with van der Waals surface area (Å²) in [5, 5.41) is 0. The fourth-order valence-electron chi connectivity index (χ4n) is 3.51. The summed E-state index contributed by atoms with van der Waals surface area (Å²) in [6, 6.07) is 12.0. The maximum atomic E-state index is 6.14. The second-order valence-electron chi connectivity index (χ2n) is 6.15. The smallest absolute Gasteiger partial charge is 0.283 e. The number of benzene rings is 2. The molecule has 2 N–H and O–H groups in total. The topological polar surface area (TPSA) is 82.6 Å². The van der Waals surface area contributed by atoms with Crippen molar-refractivity contribution in [3.05, 3.63) is 70.7 Å². The Bertz CT molecular complexity index is 1050. The van der Waals surface area contributed by atoms with Gasteiger partial charge in [-0.3, -0.25) is 0 Å². The van der Waals surface area contributed by atoms with E-state index in [4.69, 9.17) is 15.2 Å². The molecule has 2 aliphatic rings. The molecule has 0 aliphatic carbocycles. The van der Waals surface area contributed by atoms with Gasteiger partial charge in [-0.1, -0.05) is 28.1 Å². The van der Waals surface area contributed by atoms with Crippen LogP contribution in [0.15, 0.2) is 64.6 Å². The maximum Gasteiger partial charge on any atom is 0.283 e. The molecular formula is C19H13BrN4O2. The largest absolute Gasteiger partial charge is 0.462 e. The van der Waals surface area contributed by atoms with Gasteiger partial charge in [0.25, 0.3) is 6.02 Å². The van der Waals surface area contributed by atoms with Crippen LogP contribution in [0.3, 0.4) is 0 Å². The normalized spacial score (nSPS) is 20.0. The first-order valence-corrected chi connectivity index (χ1v) is 8.81. The maximum absolute atomic E-state index is 6.14. The van der Waals surface area contributed by atoms with Crippen LogP contribution in [0.25, 0.3) is 11.1 Å². The third-order valence-corrected chi connectivity index (χ3v) is 5.32. The highest BCUT2D eigenvalue weighted by Gasteiger charge is 2.48. The van der Waals surface area contributed by atoms with E-state index in [0.29, 0.717) is 6.61 Å². The molecule has 0 amide bonds. The molecule has 0 saturated heterocycles. The van der Waals surface area contributed by atoms with Crippen LogP contribution in [-0.4, -0.2) is 22.6 Å². The molecule has 0 bridgehead atoms. The Morgan fingerprint density at radius 2 is 1.88 bits per heavy atom. The zero-order valence-electron chi connectivity index (χ0n) is 13.5. The predicted octanol–water partition coefficient (Wildman–Crippen LogP) is 3.60. The van der Waals surface area contributed by atoms with Crippen molar-refractivity contribution < 1.29 is 9.47 Å². The van der Waals surface area contributed by atoms with Gasteiger partial charge in [0.2, 0.25) is 0 Å².